The van der Waals surface area contributed by atoms with Crippen LogP contribution in [-0.4, -0.2) is 9.55 Å². The van der Waals surface area contributed by atoms with Gasteiger partial charge in [-0.25, -0.2) is 4.98 Å². The van der Waals surface area contributed by atoms with Crippen molar-refractivity contribution >= 4 is 54.1 Å². The van der Waals surface area contributed by atoms with Crippen molar-refractivity contribution in [3.8, 4) is 62.0 Å². The van der Waals surface area contributed by atoms with E-state index in [9.17, 15) is 0 Å². The highest BCUT2D eigenvalue weighted by molar-refractivity contribution is 7.26. The number of aromatic nitrogens is 2. The van der Waals surface area contributed by atoms with Crippen molar-refractivity contribution in [1.82, 2.24) is 9.55 Å². The molecule has 3 aromatic heterocycles. The van der Waals surface area contributed by atoms with Gasteiger partial charge in [0.2, 0.25) is 0 Å². The maximum Gasteiger partial charge on any atom is 0.132 e. The average molecular weight is 835 g/mol. The fraction of sp³-hybridized carbons (Fsp3) is 0.0500. The van der Waals surface area contributed by atoms with E-state index >= 15 is 0 Å². The minimum absolute atomic E-state index is 0.517. The molecule has 14 rings (SSSR count). The third-order valence-electron chi connectivity index (χ3n) is 13.9. The Morgan fingerprint density at radius 2 is 1.19 bits per heavy atom. The van der Waals surface area contributed by atoms with Gasteiger partial charge in [-0.1, -0.05) is 152 Å². The Bertz CT molecular complexity index is 3820. The predicted octanol–water partition coefficient (Wildman–Crippen LogP) is 14.2. The molecule has 1 aliphatic carbocycles. The van der Waals surface area contributed by atoms with E-state index < -0.39 is 5.41 Å². The Hall–Kier alpha value is -7.79. The third kappa shape index (κ3) is 5.00. The summed E-state index contributed by atoms with van der Waals surface area (Å²) in [6, 6.07) is 73.0. The Morgan fingerprint density at radius 3 is 2.02 bits per heavy atom. The summed E-state index contributed by atoms with van der Waals surface area (Å²) < 4.78 is 12.1. The van der Waals surface area contributed by atoms with Crippen LogP contribution in [0.4, 0.5) is 0 Å². The molecular formula is C60H38N2OS. The Balaban J connectivity index is 0.972. The minimum Gasteiger partial charge on any atom is -0.457 e. The lowest BCUT2D eigenvalue weighted by Gasteiger charge is -2.46. The van der Waals surface area contributed by atoms with Gasteiger partial charge in [0.05, 0.1) is 33.4 Å². The Kier molecular flexibility index (Phi) is 7.60. The average Bonchev–Trinajstić information content (AvgIpc) is 3.92. The summed E-state index contributed by atoms with van der Waals surface area (Å²) in [5.74, 6) is 1.83. The van der Waals surface area contributed by atoms with Gasteiger partial charge in [-0.05, 0) is 101 Å². The number of benzene rings is 8. The van der Waals surface area contributed by atoms with Crippen LogP contribution in [0.5, 0.6) is 11.5 Å². The van der Waals surface area contributed by atoms with Crippen LogP contribution in [0, 0.1) is 0 Å². The van der Waals surface area contributed by atoms with E-state index in [-0.39, 0.29) is 0 Å². The highest BCUT2D eigenvalue weighted by Gasteiger charge is 2.50. The fourth-order valence-electron chi connectivity index (χ4n) is 11.3. The van der Waals surface area contributed by atoms with Crippen LogP contribution < -0.4 is 15.3 Å². The van der Waals surface area contributed by atoms with Gasteiger partial charge < -0.3 is 9.30 Å². The first-order valence-electron chi connectivity index (χ1n) is 22.2. The molecular weight excluding hydrogens is 797 g/mol. The van der Waals surface area contributed by atoms with E-state index in [0.29, 0.717) is 0 Å². The molecule has 11 aromatic rings. The standard InChI is InChI=1S/C60H38N2OS/c1-3-15-37(16-4-1)50-34-41(35-51(61-50)38-17-5-2-6-18-38)42-20-14-28-57-58(42)45-33-39(30-32-56(45)64-57)40-29-31-48-55(36-40)63-54-27-12-9-23-47(54)60(48)46-22-8-11-26-53(46)62-52-25-10-7-19-43(52)44-21-13-24-49(60)59(44)62/h1-12,14-23,25-36H,13,24H2. The SMILES string of the molecule is C1=c2c3n(c4ccccc24)-c2ccccc2C2(C=3CC1)c1ccccc1Oc1cc(-c3ccc4sc5cccc(-c6cc(-c7ccccc7)nc(-c7ccccc7)c6)c5c4c3)ccc12. The van der Waals surface area contributed by atoms with Crippen LogP contribution in [0.25, 0.3) is 93.2 Å². The number of nitrogens with zero attached hydrogens (tertiary/aromatic N) is 2. The number of fused-ring (bicyclic) bond motifs is 14. The molecule has 0 radical (unpaired) electrons. The van der Waals surface area contributed by atoms with Crippen molar-refractivity contribution in [2.24, 2.45) is 0 Å². The summed E-state index contributed by atoms with van der Waals surface area (Å²) in [6.45, 7) is 0. The molecule has 5 heterocycles. The van der Waals surface area contributed by atoms with Crippen LogP contribution in [0.15, 0.2) is 200 Å². The molecule has 0 amide bonds. The van der Waals surface area contributed by atoms with Crippen molar-refractivity contribution in [2.45, 2.75) is 18.3 Å². The van der Waals surface area contributed by atoms with E-state index in [1.54, 1.807) is 0 Å². The molecule has 0 bridgehead atoms. The molecule has 0 saturated heterocycles. The van der Waals surface area contributed by atoms with Gasteiger partial charge in [-0.3, -0.25) is 0 Å². The first kappa shape index (κ1) is 35.8. The lowest BCUT2D eigenvalue weighted by atomic mass is 9.60. The summed E-state index contributed by atoms with van der Waals surface area (Å²) in [7, 11) is 0. The Labute approximate surface area is 374 Å². The number of para-hydroxylation sites is 3. The lowest BCUT2D eigenvalue weighted by molar-refractivity contribution is 0.436. The molecule has 64 heavy (non-hydrogen) atoms. The number of ether oxygens (including phenoxy) is 1. The Morgan fingerprint density at radius 1 is 0.500 bits per heavy atom. The maximum absolute atomic E-state index is 7.05. The maximum atomic E-state index is 7.05. The van der Waals surface area contributed by atoms with Gasteiger partial charge in [0.15, 0.2) is 0 Å². The molecule has 0 N–H and O–H groups in total. The number of thiophene rings is 1. The summed E-state index contributed by atoms with van der Waals surface area (Å²) in [6.07, 6.45) is 4.42. The molecule has 2 aliphatic heterocycles. The van der Waals surface area contributed by atoms with Crippen LogP contribution in [-0.2, 0) is 5.41 Å². The monoisotopic (exact) mass is 834 g/mol. The first-order valence-corrected chi connectivity index (χ1v) is 23.0. The van der Waals surface area contributed by atoms with Crippen molar-refractivity contribution < 1.29 is 4.74 Å². The van der Waals surface area contributed by atoms with Gasteiger partial charge in [0.1, 0.15) is 11.5 Å². The quantitative estimate of drug-likeness (QED) is 0.177. The van der Waals surface area contributed by atoms with Gasteiger partial charge in [-0.15, -0.1) is 11.3 Å². The summed E-state index contributed by atoms with van der Waals surface area (Å²) in [5, 5.41) is 6.52. The molecule has 1 spiro atoms. The van der Waals surface area contributed by atoms with Gasteiger partial charge in [0.25, 0.3) is 0 Å². The lowest BCUT2D eigenvalue weighted by Crippen LogP contribution is -2.47. The molecule has 8 aromatic carbocycles. The highest BCUT2D eigenvalue weighted by atomic mass is 32.1. The molecule has 4 heteroatoms. The molecule has 1 unspecified atom stereocenters. The molecule has 3 aliphatic rings. The molecule has 1 atom stereocenters. The summed E-state index contributed by atoms with van der Waals surface area (Å²) in [5.41, 5.74) is 15.9. The predicted molar refractivity (Wildman–Crippen MR) is 265 cm³/mol. The zero-order valence-electron chi connectivity index (χ0n) is 34.8. The first-order chi connectivity index (χ1) is 31.7. The van der Waals surface area contributed by atoms with Crippen LogP contribution >= 0.6 is 11.3 Å². The van der Waals surface area contributed by atoms with E-state index in [1.807, 2.05) is 11.3 Å². The summed E-state index contributed by atoms with van der Waals surface area (Å²) >= 11 is 1.86. The second-order valence-corrected chi connectivity index (χ2v) is 18.3. The fourth-order valence-corrected chi connectivity index (χ4v) is 12.4. The molecule has 3 nitrogen and oxygen atoms in total. The van der Waals surface area contributed by atoms with E-state index in [4.69, 9.17) is 9.72 Å². The van der Waals surface area contributed by atoms with Crippen LogP contribution in [0.3, 0.4) is 0 Å². The third-order valence-corrected chi connectivity index (χ3v) is 15.1. The van der Waals surface area contributed by atoms with E-state index in [1.165, 1.54) is 75.2 Å². The molecule has 0 fully saturated rings. The largest absolute Gasteiger partial charge is 0.457 e. The van der Waals surface area contributed by atoms with Gasteiger partial charge >= 0.3 is 0 Å². The van der Waals surface area contributed by atoms with Crippen molar-refractivity contribution in [3.63, 3.8) is 0 Å². The van der Waals surface area contributed by atoms with E-state index in [2.05, 4.69) is 211 Å². The zero-order valence-corrected chi connectivity index (χ0v) is 35.6. The number of rotatable bonds is 4. The number of pyridine rings is 1. The van der Waals surface area contributed by atoms with Crippen molar-refractivity contribution in [2.75, 3.05) is 0 Å². The second-order valence-electron chi connectivity index (χ2n) is 17.3. The van der Waals surface area contributed by atoms with Crippen molar-refractivity contribution in [1.29, 1.82) is 0 Å². The number of hydrogen-bond donors (Lipinski definition) is 0. The number of hydrogen-bond acceptors (Lipinski definition) is 3. The topological polar surface area (TPSA) is 27.1 Å². The summed E-state index contributed by atoms with van der Waals surface area (Å²) in [4.78, 5) is 5.20. The highest BCUT2D eigenvalue weighted by Crippen LogP contribution is 2.59. The normalized spacial score (nSPS) is 15.7. The van der Waals surface area contributed by atoms with Gasteiger partial charge in [0, 0.05) is 53.0 Å². The van der Waals surface area contributed by atoms with Crippen LogP contribution in [0.1, 0.15) is 29.5 Å². The van der Waals surface area contributed by atoms with Crippen LogP contribution in [0.2, 0.25) is 0 Å². The van der Waals surface area contributed by atoms with Crippen molar-refractivity contribution in [3.05, 3.63) is 227 Å². The van der Waals surface area contributed by atoms with Gasteiger partial charge in [-0.2, -0.15) is 0 Å². The molecule has 300 valence electrons. The molecule has 0 saturated carbocycles. The second kappa shape index (κ2) is 13.6. The zero-order chi connectivity index (χ0) is 41.9. The van der Waals surface area contributed by atoms with E-state index in [0.717, 1.165) is 63.5 Å². The smallest absolute Gasteiger partial charge is 0.132 e. The minimum atomic E-state index is -0.517.